The van der Waals surface area contributed by atoms with Gasteiger partial charge in [0.2, 0.25) is 0 Å². The highest BCUT2D eigenvalue weighted by molar-refractivity contribution is 7.93. The van der Waals surface area contributed by atoms with Gasteiger partial charge in [-0.3, -0.25) is 9.71 Å². The van der Waals surface area contributed by atoms with Crippen LogP contribution in [0, 0.1) is 5.82 Å². The normalized spacial score (nSPS) is 12.6. The summed E-state index contributed by atoms with van der Waals surface area (Å²) in [6.45, 7) is 0. The predicted molar refractivity (Wildman–Crippen MR) is 117 cm³/mol. The second-order valence-corrected chi connectivity index (χ2v) is 9.22. The third-order valence-corrected chi connectivity index (χ3v) is 6.81. The number of nitrogens with zero attached hydrogens (tertiary/aromatic N) is 2. The van der Waals surface area contributed by atoms with Gasteiger partial charge in [0.05, 0.1) is 10.7 Å². The van der Waals surface area contributed by atoms with E-state index in [2.05, 4.69) is 20.0 Å². The fraction of sp³-hybridized carbons (Fsp3) is 0.0526. The van der Waals surface area contributed by atoms with E-state index in [9.17, 15) is 12.8 Å². The van der Waals surface area contributed by atoms with E-state index in [-0.39, 0.29) is 15.8 Å². The molecule has 0 saturated heterocycles. The summed E-state index contributed by atoms with van der Waals surface area (Å²) in [5.74, 6) is -0.974. The number of benzene rings is 2. The van der Waals surface area contributed by atoms with Crippen molar-refractivity contribution in [3.8, 4) is 0 Å². The van der Waals surface area contributed by atoms with Gasteiger partial charge in [-0.25, -0.2) is 17.8 Å². The summed E-state index contributed by atoms with van der Waals surface area (Å²) in [5, 5.41) is 6.45. The van der Waals surface area contributed by atoms with Gasteiger partial charge in [-0.05, 0) is 29.1 Å². The Morgan fingerprint density at radius 3 is 2.80 bits per heavy atom. The fourth-order valence-electron chi connectivity index (χ4n) is 2.94. The molecular weight excluding hydrogens is 449 g/mol. The van der Waals surface area contributed by atoms with Gasteiger partial charge in [0.15, 0.2) is 5.13 Å². The molecule has 11 heteroatoms. The largest absolute Gasteiger partial charge is 0.365 e. The highest BCUT2D eigenvalue weighted by atomic mass is 35.5. The first kappa shape index (κ1) is 20.5. The third-order valence-electron chi connectivity index (χ3n) is 4.33. The van der Waals surface area contributed by atoms with Crippen molar-refractivity contribution in [2.75, 3.05) is 10.0 Å². The molecule has 0 amide bonds. The van der Waals surface area contributed by atoms with Gasteiger partial charge >= 0.3 is 0 Å². The summed E-state index contributed by atoms with van der Waals surface area (Å²) >= 11 is 7.31. The molecule has 0 saturated carbocycles. The van der Waals surface area contributed by atoms with Crippen molar-refractivity contribution in [3.63, 3.8) is 0 Å². The number of hydrogen-bond acceptors (Lipinski definition) is 7. The van der Waals surface area contributed by atoms with Crippen LogP contribution in [0.2, 0.25) is 5.02 Å². The summed E-state index contributed by atoms with van der Waals surface area (Å²) in [5.41, 5.74) is 7.17. The number of fused-ring (bicyclic) bond motifs is 1. The van der Waals surface area contributed by atoms with Crippen molar-refractivity contribution in [1.82, 2.24) is 9.97 Å². The van der Waals surface area contributed by atoms with Crippen molar-refractivity contribution in [2.24, 2.45) is 5.73 Å². The quantitative estimate of drug-likeness (QED) is 0.366. The van der Waals surface area contributed by atoms with Gasteiger partial charge < -0.3 is 11.1 Å². The molecule has 154 valence electrons. The van der Waals surface area contributed by atoms with Gasteiger partial charge in [-0.15, -0.1) is 11.3 Å². The Balaban J connectivity index is 1.63. The van der Waals surface area contributed by atoms with Gasteiger partial charge in [-0.1, -0.05) is 29.8 Å². The van der Waals surface area contributed by atoms with Gasteiger partial charge in [-0.2, -0.15) is 0 Å². The Bertz CT molecular complexity index is 1310. The number of halogens is 2. The van der Waals surface area contributed by atoms with E-state index in [1.807, 2.05) is 24.3 Å². The summed E-state index contributed by atoms with van der Waals surface area (Å²) in [6.07, 6.45) is 4.07. The number of hydrogen-bond donors (Lipinski definition) is 3. The highest BCUT2D eigenvalue weighted by Gasteiger charge is 2.23. The zero-order valence-electron chi connectivity index (χ0n) is 15.2. The molecule has 2 aromatic heterocycles. The minimum Gasteiger partial charge on any atom is -0.365 e. The average Bonchev–Trinajstić information content (AvgIpc) is 3.22. The molecule has 0 radical (unpaired) electrons. The maximum absolute atomic E-state index is 14.7. The number of anilines is 2. The SMILES string of the molecule is N[C@H](Nc1cc(F)c(S(=O)(=O)Nc2nccs2)cc1Cl)c1cccc2ccncc12. The van der Waals surface area contributed by atoms with Crippen molar-refractivity contribution in [1.29, 1.82) is 0 Å². The van der Waals surface area contributed by atoms with E-state index in [1.54, 1.807) is 17.8 Å². The molecule has 0 aliphatic carbocycles. The van der Waals surface area contributed by atoms with Crippen molar-refractivity contribution in [3.05, 3.63) is 76.8 Å². The molecule has 2 heterocycles. The molecule has 0 aliphatic rings. The first-order valence-corrected chi connectivity index (χ1v) is 11.4. The Morgan fingerprint density at radius 1 is 1.20 bits per heavy atom. The second-order valence-electron chi connectivity index (χ2n) is 6.27. The van der Waals surface area contributed by atoms with Crippen LogP contribution in [0.3, 0.4) is 0 Å². The van der Waals surface area contributed by atoms with Crippen LogP contribution in [0.5, 0.6) is 0 Å². The maximum Gasteiger partial charge on any atom is 0.266 e. The van der Waals surface area contributed by atoms with E-state index >= 15 is 0 Å². The average molecular weight is 464 g/mol. The standard InChI is InChI=1S/C19H15ClFN5O2S2/c20-14-8-17(30(27,28)26-19-24-6-7-29-19)15(21)9-16(14)25-18(22)12-3-1-2-11-4-5-23-10-13(11)12/h1-10,18,25H,22H2,(H,24,26)/t18-/m1/s1. The summed E-state index contributed by atoms with van der Waals surface area (Å²) < 4.78 is 41.9. The van der Waals surface area contributed by atoms with Crippen LogP contribution in [0.25, 0.3) is 10.8 Å². The van der Waals surface area contributed by atoms with E-state index in [0.29, 0.717) is 0 Å². The van der Waals surface area contributed by atoms with Crippen molar-refractivity contribution >= 4 is 54.6 Å². The molecule has 0 fully saturated rings. The number of sulfonamides is 1. The first-order chi connectivity index (χ1) is 14.3. The van der Waals surface area contributed by atoms with E-state index in [0.717, 1.165) is 39.8 Å². The Labute approximate surface area is 180 Å². The molecule has 0 aliphatic heterocycles. The lowest BCUT2D eigenvalue weighted by Gasteiger charge is -2.19. The van der Waals surface area contributed by atoms with Crippen molar-refractivity contribution < 1.29 is 12.8 Å². The van der Waals surface area contributed by atoms with Crippen LogP contribution in [-0.4, -0.2) is 18.4 Å². The molecule has 1 atom stereocenters. The van der Waals surface area contributed by atoms with Gasteiger partial charge in [0, 0.05) is 29.4 Å². The first-order valence-electron chi connectivity index (χ1n) is 8.61. The van der Waals surface area contributed by atoms with Crippen LogP contribution in [0.4, 0.5) is 15.2 Å². The predicted octanol–water partition coefficient (Wildman–Crippen LogP) is 4.35. The van der Waals surface area contributed by atoms with E-state index in [1.165, 1.54) is 6.20 Å². The Morgan fingerprint density at radius 2 is 2.03 bits per heavy atom. The Kier molecular flexibility index (Phi) is 5.56. The minimum atomic E-state index is -4.19. The molecule has 2 aromatic carbocycles. The van der Waals surface area contributed by atoms with Crippen LogP contribution in [0.15, 0.2) is 65.3 Å². The number of aromatic nitrogens is 2. The topological polar surface area (TPSA) is 110 Å². The smallest absolute Gasteiger partial charge is 0.266 e. The number of pyridine rings is 1. The molecule has 0 spiro atoms. The van der Waals surface area contributed by atoms with Gasteiger partial charge in [0.25, 0.3) is 10.0 Å². The highest BCUT2D eigenvalue weighted by Crippen LogP contribution is 2.32. The molecule has 7 nitrogen and oxygen atoms in total. The van der Waals surface area contributed by atoms with Crippen LogP contribution in [-0.2, 0) is 10.0 Å². The molecule has 0 unspecified atom stereocenters. The maximum atomic E-state index is 14.7. The molecule has 0 bridgehead atoms. The molecule has 4 aromatic rings. The van der Waals surface area contributed by atoms with E-state index < -0.39 is 26.9 Å². The number of thiazole rings is 1. The number of nitrogens with one attached hydrogen (secondary N) is 2. The number of rotatable bonds is 6. The summed E-state index contributed by atoms with van der Waals surface area (Å²) in [7, 11) is -4.19. The lowest BCUT2D eigenvalue weighted by molar-refractivity contribution is 0.570. The lowest BCUT2D eigenvalue weighted by atomic mass is 10.0. The van der Waals surface area contributed by atoms with Crippen LogP contribution >= 0.6 is 22.9 Å². The zero-order chi connectivity index (χ0) is 21.3. The fourth-order valence-corrected chi connectivity index (χ4v) is 5.10. The van der Waals surface area contributed by atoms with Gasteiger partial charge in [0.1, 0.15) is 16.9 Å². The lowest BCUT2D eigenvalue weighted by Crippen LogP contribution is -2.21. The van der Waals surface area contributed by atoms with E-state index in [4.69, 9.17) is 17.3 Å². The number of nitrogens with two attached hydrogens (primary N) is 1. The second kappa shape index (κ2) is 8.15. The zero-order valence-corrected chi connectivity index (χ0v) is 17.6. The monoisotopic (exact) mass is 463 g/mol. The summed E-state index contributed by atoms with van der Waals surface area (Å²) in [4.78, 5) is 7.36. The van der Waals surface area contributed by atoms with Crippen LogP contribution < -0.4 is 15.8 Å². The molecule has 4 rings (SSSR count). The molecule has 4 N–H and O–H groups in total. The Hall–Kier alpha value is -2.79. The molecular formula is C19H15ClFN5O2S2. The van der Waals surface area contributed by atoms with Crippen LogP contribution in [0.1, 0.15) is 11.7 Å². The third kappa shape index (κ3) is 4.08. The minimum absolute atomic E-state index is 0.00438. The molecule has 30 heavy (non-hydrogen) atoms. The summed E-state index contributed by atoms with van der Waals surface area (Å²) in [6, 6.07) is 9.49. The van der Waals surface area contributed by atoms with Crippen molar-refractivity contribution in [2.45, 2.75) is 11.1 Å².